The minimum atomic E-state index is -0.249. The Labute approximate surface area is 147 Å². The molecule has 1 aromatic heterocycles. The third kappa shape index (κ3) is 4.18. The summed E-state index contributed by atoms with van der Waals surface area (Å²) in [4.78, 5) is 27.4. The molecule has 2 saturated heterocycles. The van der Waals surface area contributed by atoms with Gasteiger partial charge >= 0.3 is 0 Å². The Hall–Kier alpha value is -1.26. The first kappa shape index (κ1) is 16.6. The summed E-state index contributed by atoms with van der Waals surface area (Å²) in [6, 6.07) is 3.86. The number of thioether (sulfide) groups is 1. The fourth-order valence-corrected chi connectivity index (χ4v) is 4.15. The van der Waals surface area contributed by atoms with Crippen LogP contribution in [0.25, 0.3) is 6.08 Å². The van der Waals surface area contributed by atoms with Crippen molar-refractivity contribution >= 4 is 57.5 Å². The van der Waals surface area contributed by atoms with Gasteiger partial charge in [0.2, 0.25) is 0 Å². The lowest BCUT2D eigenvalue weighted by atomic mass is 10.3. The van der Waals surface area contributed by atoms with Crippen LogP contribution in [0.2, 0.25) is 0 Å². The minimum Gasteiger partial charge on any atom is -0.379 e. The number of nitrogens with zero attached hydrogens (tertiary/aromatic N) is 2. The van der Waals surface area contributed by atoms with Gasteiger partial charge in [0.15, 0.2) is 0 Å². The molecule has 0 spiro atoms. The number of carbonyl (C=O) groups is 2. The first-order valence-corrected chi connectivity index (χ1v) is 9.15. The van der Waals surface area contributed by atoms with E-state index in [1.54, 1.807) is 16.3 Å². The third-order valence-corrected chi connectivity index (χ3v) is 5.48. The topological polar surface area (TPSA) is 61.9 Å². The molecule has 6 nitrogen and oxygen atoms in total. The molecule has 1 aromatic rings. The van der Waals surface area contributed by atoms with E-state index in [4.69, 9.17) is 17.0 Å². The smallest absolute Gasteiger partial charge is 0.266 e. The van der Waals surface area contributed by atoms with Gasteiger partial charge in [-0.2, -0.15) is 0 Å². The summed E-state index contributed by atoms with van der Waals surface area (Å²) in [5.74, 6) is -0.467. The maximum Gasteiger partial charge on any atom is 0.266 e. The highest BCUT2D eigenvalue weighted by atomic mass is 32.2. The molecule has 23 heavy (non-hydrogen) atoms. The number of rotatable bonds is 4. The number of nitrogens with one attached hydrogen (secondary N) is 1. The summed E-state index contributed by atoms with van der Waals surface area (Å²) in [5.41, 5.74) is 2.78. The molecular weight excluding hydrogens is 354 g/mol. The van der Waals surface area contributed by atoms with E-state index in [0.717, 1.165) is 4.88 Å². The van der Waals surface area contributed by atoms with Crippen LogP contribution in [-0.4, -0.2) is 58.9 Å². The van der Waals surface area contributed by atoms with Crippen LogP contribution in [0.3, 0.4) is 0 Å². The van der Waals surface area contributed by atoms with Gasteiger partial charge in [0.25, 0.3) is 11.8 Å². The van der Waals surface area contributed by atoms with E-state index in [-0.39, 0.29) is 18.4 Å². The van der Waals surface area contributed by atoms with Crippen LogP contribution in [0.5, 0.6) is 0 Å². The van der Waals surface area contributed by atoms with Crippen molar-refractivity contribution < 1.29 is 14.3 Å². The summed E-state index contributed by atoms with van der Waals surface area (Å²) in [6.07, 6.45) is 1.81. The van der Waals surface area contributed by atoms with Crippen molar-refractivity contribution in [2.75, 3.05) is 32.8 Å². The fraction of sp³-hybridized carbons (Fsp3) is 0.357. The van der Waals surface area contributed by atoms with Crippen LogP contribution in [0, 0.1) is 0 Å². The second-order valence-corrected chi connectivity index (χ2v) is 7.57. The zero-order chi connectivity index (χ0) is 16.2. The summed E-state index contributed by atoms with van der Waals surface area (Å²) < 4.78 is 5.64. The highest BCUT2D eigenvalue weighted by Crippen LogP contribution is 2.32. The number of hydrogen-bond donors (Lipinski definition) is 1. The van der Waals surface area contributed by atoms with Crippen molar-refractivity contribution in [3.63, 3.8) is 0 Å². The molecule has 122 valence electrons. The number of carbonyl (C=O) groups excluding carboxylic acids is 2. The predicted octanol–water partition coefficient (Wildman–Crippen LogP) is 1.31. The van der Waals surface area contributed by atoms with Gasteiger partial charge in [-0.05, 0) is 17.5 Å². The maximum absolute atomic E-state index is 12.4. The van der Waals surface area contributed by atoms with Crippen LogP contribution in [0.4, 0.5) is 0 Å². The van der Waals surface area contributed by atoms with Gasteiger partial charge in [0, 0.05) is 18.0 Å². The number of thiocarbonyl (C=S) groups is 1. The van der Waals surface area contributed by atoms with E-state index in [1.165, 1.54) is 16.7 Å². The molecule has 2 amide bonds. The normalized spacial score (nSPS) is 21.2. The van der Waals surface area contributed by atoms with Crippen LogP contribution < -0.4 is 5.43 Å². The Morgan fingerprint density at radius 2 is 2.22 bits per heavy atom. The summed E-state index contributed by atoms with van der Waals surface area (Å²) in [7, 11) is 0. The highest BCUT2D eigenvalue weighted by molar-refractivity contribution is 8.26. The number of ether oxygens (including phenoxy) is 1. The van der Waals surface area contributed by atoms with Crippen LogP contribution in [0.15, 0.2) is 22.4 Å². The van der Waals surface area contributed by atoms with E-state index in [0.29, 0.717) is 35.5 Å². The van der Waals surface area contributed by atoms with Gasteiger partial charge in [0.05, 0.1) is 18.1 Å². The molecular formula is C14H15N3O3S3. The van der Waals surface area contributed by atoms with Gasteiger partial charge in [0.1, 0.15) is 10.9 Å². The Morgan fingerprint density at radius 3 is 2.91 bits per heavy atom. The maximum atomic E-state index is 12.4. The van der Waals surface area contributed by atoms with Gasteiger partial charge in [-0.25, -0.2) is 5.01 Å². The monoisotopic (exact) mass is 369 g/mol. The number of morpholine rings is 1. The lowest BCUT2D eigenvalue weighted by Gasteiger charge is -2.27. The van der Waals surface area contributed by atoms with Gasteiger partial charge in [-0.3, -0.25) is 19.9 Å². The molecule has 0 radical (unpaired) electrons. The van der Waals surface area contributed by atoms with E-state index < -0.39 is 0 Å². The second kappa shape index (κ2) is 7.54. The van der Waals surface area contributed by atoms with Crippen molar-refractivity contribution in [1.29, 1.82) is 0 Å². The van der Waals surface area contributed by atoms with Gasteiger partial charge in [-0.15, -0.1) is 11.3 Å². The molecule has 2 aliphatic rings. The zero-order valence-electron chi connectivity index (χ0n) is 12.2. The Bertz CT molecular complexity index is 639. The molecule has 0 bridgehead atoms. The van der Waals surface area contributed by atoms with Crippen molar-refractivity contribution in [2.24, 2.45) is 0 Å². The average molecular weight is 369 g/mol. The van der Waals surface area contributed by atoms with E-state index in [2.05, 4.69) is 5.43 Å². The number of hydrogen-bond acceptors (Lipinski definition) is 7. The lowest BCUT2D eigenvalue weighted by Crippen LogP contribution is -2.51. The predicted molar refractivity (Wildman–Crippen MR) is 94.7 cm³/mol. The molecule has 2 aliphatic heterocycles. The molecule has 2 fully saturated rings. The molecule has 0 aliphatic carbocycles. The SMILES string of the molecule is O=C(CN1C(=O)/C(=C\c2cccs2)SC1=S)NN1CCOCC1. The van der Waals surface area contributed by atoms with E-state index >= 15 is 0 Å². The van der Waals surface area contributed by atoms with Gasteiger partial charge < -0.3 is 4.74 Å². The molecule has 3 heterocycles. The van der Waals surface area contributed by atoms with Crippen molar-refractivity contribution in [2.45, 2.75) is 0 Å². The first-order chi connectivity index (χ1) is 11.1. The number of thiophene rings is 1. The van der Waals surface area contributed by atoms with Crippen molar-refractivity contribution in [1.82, 2.24) is 15.3 Å². The summed E-state index contributed by atoms with van der Waals surface area (Å²) >= 11 is 8.01. The average Bonchev–Trinajstić information content (AvgIpc) is 3.13. The second-order valence-electron chi connectivity index (χ2n) is 4.92. The van der Waals surface area contributed by atoms with Crippen molar-refractivity contribution in [3.8, 4) is 0 Å². The minimum absolute atomic E-state index is 0.0657. The molecule has 0 saturated carbocycles. The van der Waals surface area contributed by atoms with E-state index in [1.807, 2.05) is 23.6 Å². The summed E-state index contributed by atoms with van der Waals surface area (Å²) in [6.45, 7) is 2.39. The molecule has 9 heteroatoms. The zero-order valence-corrected chi connectivity index (χ0v) is 14.6. The molecule has 0 atom stereocenters. The Kier molecular flexibility index (Phi) is 5.44. The van der Waals surface area contributed by atoms with Crippen LogP contribution in [0.1, 0.15) is 4.88 Å². The molecule has 3 rings (SSSR count). The number of hydrazine groups is 1. The quantitative estimate of drug-likeness (QED) is 0.638. The molecule has 0 aromatic carbocycles. The lowest BCUT2D eigenvalue weighted by molar-refractivity contribution is -0.132. The van der Waals surface area contributed by atoms with Crippen molar-refractivity contribution in [3.05, 3.63) is 27.3 Å². The Balaban J connectivity index is 1.60. The van der Waals surface area contributed by atoms with Crippen LogP contribution in [-0.2, 0) is 14.3 Å². The summed E-state index contributed by atoms with van der Waals surface area (Å²) in [5, 5.41) is 3.74. The van der Waals surface area contributed by atoms with E-state index in [9.17, 15) is 9.59 Å². The van der Waals surface area contributed by atoms with Crippen LogP contribution >= 0.6 is 35.3 Å². The first-order valence-electron chi connectivity index (χ1n) is 7.04. The standard InChI is InChI=1S/C14H15N3O3S3/c18-12(15-16-3-5-20-6-4-16)9-17-13(19)11(23-14(17)21)8-10-2-1-7-22-10/h1-2,7-8H,3-6,9H2,(H,15,18)/b11-8+. The largest absolute Gasteiger partial charge is 0.379 e. The highest BCUT2D eigenvalue weighted by Gasteiger charge is 2.33. The Morgan fingerprint density at radius 1 is 1.43 bits per heavy atom. The third-order valence-electron chi connectivity index (χ3n) is 3.29. The fourth-order valence-electron chi connectivity index (χ4n) is 2.17. The van der Waals surface area contributed by atoms with Gasteiger partial charge in [-0.1, -0.05) is 30.0 Å². The molecule has 1 N–H and O–H groups in total. The number of amides is 2. The molecule has 0 unspecified atom stereocenters.